The van der Waals surface area contributed by atoms with Crippen molar-refractivity contribution in [3.63, 3.8) is 0 Å². The van der Waals surface area contributed by atoms with E-state index in [0.29, 0.717) is 0 Å². The highest BCUT2D eigenvalue weighted by Crippen LogP contribution is 2.51. The Kier molecular flexibility index (Phi) is 6.60. The van der Waals surface area contributed by atoms with Gasteiger partial charge in [-0.05, 0) is 121 Å². The Balaban J connectivity index is 1.19. The first kappa shape index (κ1) is 30.9. The van der Waals surface area contributed by atoms with Gasteiger partial charge in [0.25, 0.3) is 0 Å². The second kappa shape index (κ2) is 12.0. The van der Waals surface area contributed by atoms with E-state index in [1.165, 1.54) is 44.5 Å². The van der Waals surface area contributed by atoms with Crippen LogP contribution in [0.25, 0.3) is 122 Å². The average Bonchev–Trinajstić information content (AvgIpc) is 3.84. The van der Waals surface area contributed by atoms with Crippen LogP contribution in [0.3, 0.4) is 0 Å². The maximum Gasteiger partial charge on any atom is 0.153 e. The summed E-state index contributed by atoms with van der Waals surface area (Å²) in [4.78, 5) is 9.40. The van der Waals surface area contributed by atoms with Gasteiger partial charge in [-0.25, -0.2) is 0 Å². The van der Waals surface area contributed by atoms with Crippen molar-refractivity contribution in [1.29, 1.82) is 0 Å². The van der Waals surface area contributed by atoms with Gasteiger partial charge in [0.2, 0.25) is 0 Å². The summed E-state index contributed by atoms with van der Waals surface area (Å²) in [5.74, 6) is 0. The quantitative estimate of drug-likeness (QED) is 0.183. The van der Waals surface area contributed by atoms with Crippen molar-refractivity contribution in [3.05, 3.63) is 182 Å². The Morgan fingerprint density at radius 1 is 0.304 bits per heavy atom. The molecule has 11 aromatic rings. The van der Waals surface area contributed by atoms with Crippen LogP contribution < -0.4 is 0 Å². The molecule has 0 bridgehead atoms. The molecule has 4 heteroatoms. The lowest BCUT2D eigenvalue weighted by atomic mass is 9.78. The Hall–Kier alpha value is -7.56. The van der Waals surface area contributed by atoms with E-state index in [2.05, 4.69) is 146 Å². The van der Waals surface area contributed by atoms with Crippen LogP contribution in [-0.2, 0) is 0 Å². The second-order valence-corrected chi connectivity index (χ2v) is 14.4. The topological polar surface area (TPSA) is 52.1 Å². The monoisotopic (exact) mass is 714 g/mol. The number of nitrogens with zero attached hydrogens (tertiary/aromatic N) is 2. The smallest absolute Gasteiger partial charge is 0.153 e. The average molecular weight is 715 g/mol. The summed E-state index contributed by atoms with van der Waals surface area (Å²) in [5.41, 5.74) is 20.9. The number of hydrogen-bond donors (Lipinski definition) is 0. The fourth-order valence-electron chi connectivity index (χ4n) is 8.94. The van der Waals surface area contributed by atoms with Gasteiger partial charge in [0, 0.05) is 34.3 Å². The number of furan rings is 2. The standard InChI is InChI=1S/C52H30N2O2/c1-2-13-38-37(12-1)39-14-3-4-15-41(39)43-21-7-18-34(48(43)42-17-6-5-16-40(38)42)31-28-32(35-19-8-22-44-49-46(55-51(35)44)24-10-26-53-49)30-33(29-31)36-20-9-23-45-50-47(56-52(36)45)25-11-27-54-50/h1-30H. The number of rotatable bonds is 3. The predicted octanol–water partition coefficient (Wildman–Crippen LogP) is 14.3. The lowest BCUT2D eigenvalue weighted by molar-refractivity contribution is 0.669. The molecule has 4 nitrogen and oxygen atoms in total. The zero-order chi connectivity index (χ0) is 36.7. The van der Waals surface area contributed by atoms with Gasteiger partial charge in [0.15, 0.2) is 11.2 Å². The van der Waals surface area contributed by atoms with Gasteiger partial charge in [-0.1, -0.05) is 115 Å². The minimum absolute atomic E-state index is 0.769. The molecule has 1 aliphatic rings. The van der Waals surface area contributed by atoms with Crippen LogP contribution in [0.5, 0.6) is 0 Å². The molecule has 0 unspecified atom stereocenters. The lowest BCUT2D eigenvalue weighted by Gasteiger charge is -2.25. The van der Waals surface area contributed by atoms with Gasteiger partial charge < -0.3 is 8.83 Å². The summed E-state index contributed by atoms with van der Waals surface area (Å²) in [5, 5.41) is 1.98. The van der Waals surface area contributed by atoms with Crippen LogP contribution >= 0.6 is 0 Å². The SMILES string of the molecule is c1ccc2c(c1)-c1ccccc1-c1cccc(-c3cc(-c4cccc5c4oc4cccnc45)cc(-c4cccc5c4oc4cccnc45)c3)c1-c1ccccc1-2. The third-order valence-corrected chi connectivity index (χ3v) is 11.4. The van der Waals surface area contributed by atoms with Gasteiger partial charge in [-0.15, -0.1) is 0 Å². The Morgan fingerprint density at radius 3 is 1.20 bits per heavy atom. The first-order valence-electron chi connectivity index (χ1n) is 18.9. The van der Waals surface area contributed by atoms with Gasteiger partial charge in [0.05, 0.1) is 0 Å². The zero-order valence-electron chi connectivity index (χ0n) is 30.0. The van der Waals surface area contributed by atoms with E-state index >= 15 is 0 Å². The van der Waals surface area contributed by atoms with E-state index in [1.54, 1.807) is 0 Å². The molecule has 0 fully saturated rings. The number of benzene rings is 7. The minimum atomic E-state index is 0.769. The number of fused-ring (bicyclic) bond motifs is 14. The summed E-state index contributed by atoms with van der Waals surface area (Å²) in [6.45, 7) is 0. The molecule has 4 heterocycles. The number of pyridine rings is 2. The third kappa shape index (κ3) is 4.53. The summed E-state index contributed by atoms with van der Waals surface area (Å²) >= 11 is 0. The molecule has 0 spiro atoms. The number of hydrogen-bond acceptors (Lipinski definition) is 4. The van der Waals surface area contributed by atoms with Crippen LogP contribution in [0.1, 0.15) is 0 Å². The summed E-state index contributed by atoms with van der Waals surface area (Å²) in [6.07, 6.45) is 3.65. The van der Waals surface area contributed by atoms with E-state index in [4.69, 9.17) is 18.8 Å². The molecule has 4 aromatic heterocycles. The maximum absolute atomic E-state index is 6.59. The lowest BCUT2D eigenvalue weighted by Crippen LogP contribution is -1.99. The predicted molar refractivity (Wildman–Crippen MR) is 228 cm³/mol. The maximum atomic E-state index is 6.59. The number of aromatic nitrogens is 2. The molecule has 0 amide bonds. The third-order valence-electron chi connectivity index (χ3n) is 11.4. The van der Waals surface area contributed by atoms with Crippen LogP contribution in [0.2, 0.25) is 0 Å². The molecule has 7 aromatic carbocycles. The molecule has 0 aliphatic heterocycles. The van der Waals surface area contributed by atoms with E-state index in [0.717, 1.165) is 77.5 Å². The molecule has 0 saturated carbocycles. The summed E-state index contributed by atoms with van der Waals surface area (Å²) in [6, 6.07) is 60.6. The normalized spacial score (nSPS) is 11.9. The highest BCUT2D eigenvalue weighted by molar-refractivity contribution is 6.11. The summed E-state index contributed by atoms with van der Waals surface area (Å²) < 4.78 is 13.2. The molecule has 1 aliphatic carbocycles. The van der Waals surface area contributed by atoms with Crippen molar-refractivity contribution < 1.29 is 8.83 Å². The van der Waals surface area contributed by atoms with Crippen LogP contribution in [0.4, 0.5) is 0 Å². The first-order valence-corrected chi connectivity index (χ1v) is 18.9. The van der Waals surface area contributed by atoms with E-state index in [9.17, 15) is 0 Å². The van der Waals surface area contributed by atoms with Crippen LogP contribution in [0.15, 0.2) is 191 Å². The van der Waals surface area contributed by atoms with E-state index in [1.807, 2.05) is 36.7 Å². The zero-order valence-corrected chi connectivity index (χ0v) is 30.0. The van der Waals surface area contributed by atoms with Crippen LogP contribution in [0, 0.1) is 0 Å². The Labute approximate surface area is 322 Å². The summed E-state index contributed by atoms with van der Waals surface area (Å²) in [7, 11) is 0. The van der Waals surface area contributed by atoms with Crippen molar-refractivity contribution in [2.75, 3.05) is 0 Å². The van der Waals surface area contributed by atoms with Gasteiger partial charge in [-0.2, -0.15) is 0 Å². The molecular formula is C52H30N2O2. The fraction of sp³-hybridized carbons (Fsp3) is 0. The molecule has 12 rings (SSSR count). The van der Waals surface area contributed by atoms with Crippen molar-refractivity contribution in [3.8, 4) is 77.9 Å². The molecule has 0 radical (unpaired) electrons. The van der Waals surface area contributed by atoms with Gasteiger partial charge >= 0.3 is 0 Å². The molecule has 56 heavy (non-hydrogen) atoms. The molecular weight excluding hydrogens is 685 g/mol. The second-order valence-electron chi connectivity index (χ2n) is 14.4. The molecule has 0 N–H and O–H groups in total. The van der Waals surface area contributed by atoms with Crippen molar-refractivity contribution >= 4 is 44.1 Å². The highest BCUT2D eigenvalue weighted by atomic mass is 16.3. The van der Waals surface area contributed by atoms with Crippen molar-refractivity contribution in [2.24, 2.45) is 0 Å². The number of para-hydroxylation sites is 2. The van der Waals surface area contributed by atoms with Gasteiger partial charge in [0.1, 0.15) is 22.2 Å². The Bertz CT molecular complexity index is 3250. The van der Waals surface area contributed by atoms with Crippen molar-refractivity contribution in [1.82, 2.24) is 9.97 Å². The molecule has 260 valence electrons. The molecule has 0 saturated heterocycles. The highest BCUT2D eigenvalue weighted by Gasteiger charge is 2.25. The fourth-order valence-corrected chi connectivity index (χ4v) is 8.94. The minimum Gasteiger partial charge on any atom is -0.454 e. The van der Waals surface area contributed by atoms with Gasteiger partial charge in [-0.3, -0.25) is 9.97 Å². The van der Waals surface area contributed by atoms with E-state index in [-0.39, 0.29) is 0 Å². The Morgan fingerprint density at radius 2 is 0.679 bits per heavy atom. The molecule has 0 atom stereocenters. The van der Waals surface area contributed by atoms with Crippen molar-refractivity contribution in [2.45, 2.75) is 0 Å². The van der Waals surface area contributed by atoms with Crippen LogP contribution in [-0.4, -0.2) is 9.97 Å². The van der Waals surface area contributed by atoms with E-state index < -0.39 is 0 Å². The first-order chi connectivity index (χ1) is 27.8. The largest absolute Gasteiger partial charge is 0.454 e.